The van der Waals surface area contributed by atoms with Gasteiger partial charge in [-0.2, -0.15) is 0 Å². The standard InChI is InChI=1S/C21H24N4O2/c1-26-19-10-6-5-9-18(19)21-23-22-20(27-21)16-25-13-11-24(12-14-25)15-17-7-3-2-4-8-17/h2-10H,11-16H2,1H3. The Balaban J connectivity index is 1.33. The molecule has 1 fully saturated rings. The maximum absolute atomic E-state index is 5.88. The molecule has 0 unspecified atom stereocenters. The molecule has 1 aliphatic heterocycles. The first-order chi connectivity index (χ1) is 13.3. The monoisotopic (exact) mass is 364 g/mol. The van der Waals surface area contributed by atoms with E-state index in [1.807, 2.05) is 24.3 Å². The third kappa shape index (κ3) is 4.35. The fraction of sp³-hybridized carbons (Fsp3) is 0.333. The third-order valence-corrected chi connectivity index (χ3v) is 4.88. The number of ether oxygens (including phenoxy) is 1. The molecule has 1 saturated heterocycles. The van der Waals surface area contributed by atoms with Crippen LogP contribution < -0.4 is 4.74 Å². The van der Waals surface area contributed by atoms with E-state index in [1.54, 1.807) is 7.11 Å². The Bertz CT molecular complexity index is 857. The van der Waals surface area contributed by atoms with Gasteiger partial charge in [-0.05, 0) is 17.7 Å². The zero-order valence-electron chi connectivity index (χ0n) is 15.5. The van der Waals surface area contributed by atoms with Gasteiger partial charge in [0.05, 0.1) is 19.2 Å². The number of aromatic nitrogens is 2. The van der Waals surface area contributed by atoms with Crippen LogP contribution in [-0.4, -0.2) is 53.3 Å². The number of hydrogen-bond acceptors (Lipinski definition) is 6. The fourth-order valence-electron chi connectivity index (χ4n) is 3.39. The molecule has 140 valence electrons. The van der Waals surface area contributed by atoms with E-state index in [1.165, 1.54) is 5.56 Å². The highest BCUT2D eigenvalue weighted by Crippen LogP contribution is 2.28. The molecule has 1 aliphatic rings. The largest absolute Gasteiger partial charge is 0.496 e. The van der Waals surface area contributed by atoms with Crippen molar-refractivity contribution in [2.45, 2.75) is 13.1 Å². The van der Waals surface area contributed by atoms with E-state index in [4.69, 9.17) is 9.15 Å². The number of para-hydroxylation sites is 1. The van der Waals surface area contributed by atoms with Crippen molar-refractivity contribution >= 4 is 0 Å². The molecular formula is C21H24N4O2. The molecule has 27 heavy (non-hydrogen) atoms. The van der Waals surface area contributed by atoms with Crippen molar-refractivity contribution < 1.29 is 9.15 Å². The van der Waals surface area contributed by atoms with E-state index in [9.17, 15) is 0 Å². The minimum absolute atomic E-state index is 0.505. The number of benzene rings is 2. The fourth-order valence-corrected chi connectivity index (χ4v) is 3.39. The van der Waals surface area contributed by atoms with E-state index in [0.29, 0.717) is 18.3 Å². The van der Waals surface area contributed by atoms with Crippen LogP contribution in [-0.2, 0) is 13.1 Å². The highest BCUT2D eigenvalue weighted by Gasteiger charge is 2.20. The summed E-state index contributed by atoms with van der Waals surface area (Å²) in [6.45, 7) is 5.78. The van der Waals surface area contributed by atoms with Gasteiger partial charge in [0, 0.05) is 32.7 Å². The lowest BCUT2D eigenvalue weighted by Gasteiger charge is -2.33. The van der Waals surface area contributed by atoms with Crippen molar-refractivity contribution in [1.29, 1.82) is 0 Å². The first kappa shape index (κ1) is 17.7. The predicted molar refractivity (Wildman–Crippen MR) is 103 cm³/mol. The molecule has 0 N–H and O–H groups in total. The van der Waals surface area contributed by atoms with Gasteiger partial charge in [0.2, 0.25) is 5.89 Å². The summed E-state index contributed by atoms with van der Waals surface area (Å²) in [6, 6.07) is 18.3. The molecule has 2 heterocycles. The molecule has 0 atom stereocenters. The highest BCUT2D eigenvalue weighted by atomic mass is 16.5. The Hall–Kier alpha value is -2.70. The van der Waals surface area contributed by atoms with Gasteiger partial charge < -0.3 is 9.15 Å². The zero-order chi connectivity index (χ0) is 18.5. The Morgan fingerprint density at radius 3 is 2.26 bits per heavy atom. The van der Waals surface area contributed by atoms with Crippen molar-refractivity contribution in [3.05, 3.63) is 66.1 Å². The van der Waals surface area contributed by atoms with Gasteiger partial charge in [0.1, 0.15) is 5.75 Å². The first-order valence-electron chi connectivity index (χ1n) is 9.26. The van der Waals surface area contributed by atoms with E-state index in [2.05, 4.69) is 50.3 Å². The van der Waals surface area contributed by atoms with E-state index < -0.39 is 0 Å². The molecule has 0 radical (unpaired) electrons. The highest BCUT2D eigenvalue weighted by molar-refractivity contribution is 5.62. The maximum atomic E-state index is 5.88. The normalized spacial score (nSPS) is 15.7. The quantitative estimate of drug-likeness (QED) is 0.670. The van der Waals surface area contributed by atoms with Crippen molar-refractivity contribution in [2.75, 3.05) is 33.3 Å². The smallest absolute Gasteiger partial charge is 0.251 e. The van der Waals surface area contributed by atoms with Gasteiger partial charge >= 0.3 is 0 Å². The summed E-state index contributed by atoms with van der Waals surface area (Å²) < 4.78 is 11.3. The van der Waals surface area contributed by atoms with Crippen LogP contribution in [0, 0.1) is 0 Å². The second-order valence-electron chi connectivity index (χ2n) is 6.74. The lowest BCUT2D eigenvalue weighted by Crippen LogP contribution is -2.45. The summed E-state index contributed by atoms with van der Waals surface area (Å²) in [7, 11) is 1.64. The van der Waals surface area contributed by atoms with Gasteiger partial charge in [-0.15, -0.1) is 10.2 Å². The summed E-state index contributed by atoms with van der Waals surface area (Å²) >= 11 is 0. The predicted octanol–water partition coefficient (Wildman–Crippen LogP) is 3.06. The van der Waals surface area contributed by atoms with Crippen molar-refractivity contribution in [1.82, 2.24) is 20.0 Å². The van der Waals surface area contributed by atoms with Crippen LogP contribution in [0.3, 0.4) is 0 Å². The number of methoxy groups -OCH3 is 1. The van der Waals surface area contributed by atoms with Crippen LogP contribution in [0.4, 0.5) is 0 Å². The Labute approximate surface area is 159 Å². The summed E-state index contributed by atoms with van der Waals surface area (Å²) in [6.07, 6.45) is 0. The van der Waals surface area contributed by atoms with Crippen LogP contribution in [0.25, 0.3) is 11.5 Å². The second kappa shape index (κ2) is 8.33. The SMILES string of the molecule is COc1ccccc1-c1nnc(CN2CCN(Cc3ccccc3)CC2)o1. The summed E-state index contributed by atoms with van der Waals surface area (Å²) in [4.78, 5) is 4.85. The second-order valence-corrected chi connectivity index (χ2v) is 6.74. The first-order valence-corrected chi connectivity index (χ1v) is 9.26. The third-order valence-electron chi connectivity index (χ3n) is 4.88. The lowest BCUT2D eigenvalue weighted by atomic mass is 10.2. The summed E-state index contributed by atoms with van der Waals surface area (Å²) in [5.74, 6) is 1.89. The number of piperazine rings is 1. The van der Waals surface area contributed by atoms with Gasteiger partial charge in [0.25, 0.3) is 5.89 Å². The van der Waals surface area contributed by atoms with Crippen molar-refractivity contribution in [2.24, 2.45) is 0 Å². The van der Waals surface area contributed by atoms with Crippen molar-refractivity contribution in [3.63, 3.8) is 0 Å². The van der Waals surface area contributed by atoms with Gasteiger partial charge in [0.15, 0.2) is 0 Å². The van der Waals surface area contributed by atoms with E-state index in [-0.39, 0.29) is 0 Å². The zero-order valence-corrected chi connectivity index (χ0v) is 15.5. The van der Waals surface area contributed by atoms with Crippen LogP contribution >= 0.6 is 0 Å². The molecule has 2 aromatic carbocycles. The molecule has 4 rings (SSSR count). The molecule has 3 aromatic rings. The van der Waals surface area contributed by atoms with Gasteiger partial charge in [-0.3, -0.25) is 9.80 Å². The Morgan fingerprint density at radius 2 is 1.52 bits per heavy atom. The number of nitrogens with zero attached hydrogens (tertiary/aromatic N) is 4. The molecule has 0 spiro atoms. The topological polar surface area (TPSA) is 54.6 Å². The molecule has 0 bridgehead atoms. The lowest BCUT2D eigenvalue weighted by molar-refractivity contribution is 0.114. The van der Waals surface area contributed by atoms with E-state index in [0.717, 1.165) is 44.0 Å². The molecule has 0 aliphatic carbocycles. The minimum Gasteiger partial charge on any atom is -0.496 e. The number of rotatable bonds is 6. The average molecular weight is 364 g/mol. The average Bonchev–Trinajstić information content (AvgIpc) is 3.18. The molecule has 6 heteroatoms. The van der Waals surface area contributed by atoms with Gasteiger partial charge in [-0.1, -0.05) is 42.5 Å². The minimum atomic E-state index is 0.505. The van der Waals surface area contributed by atoms with E-state index >= 15 is 0 Å². The molecule has 6 nitrogen and oxygen atoms in total. The Morgan fingerprint density at radius 1 is 0.852 bits per heavy atom. The summed E-state index contributed by atoms with van der Waals surface area (Å²) in [5, 5.41) is 8.42. The van der Waals surface area contributed by atoms with Crippen LogP contribution in [0.1, 0.15) is 11.5 Å². The molecule has 0 saturated carbocycles. The van der Waals surface area contributed by atoms with Gasteiger partial charge in [-0.25, -0.2) is 0 Å². The summed E-state index contributed by atoms with van der Waals surface area (Å²) in [5.41, 5.74) is 2.19. The maximum Gasteiger partial charge on any atom is 0.251 e. The van der Waals surface area contributed by atoms with Crippen molar-refractivity contribution in [3.8, 4) is 17.2 Å². The Kier molecular flexibility index (Phi) is 5.46. The molecular weight excluding hydrogens is 340 g/mol. The van der Waals surface area contributed by atoms with Crippen LogP contribution in [0.15, 0.2) is 59.0 Å². The van der Waals surface area contributed by atoms with Crippen LogP contribution in [0.5, 0.6) is 5.75 Å². The molecule has 0 amide bonds. The molecule has 1 aromatic heterocycles. The number of hydrogen-bond donors (Lipinski definition) is 0. The van der Waals surface area contributed by atoms with Crippen LogP contribution in [0.2, 0.25) is 0 Å².